The third-order valence-corrected chi connectivity index (χ3v) is 5.13. The molecule has 0 saturated carbocycles. The van der Waals surface area contributed by atoms with Crippen LogP contribution in [-0.2, 0) is 0 Å². The van der Waals surface area contributed by atoms with Crippen LogP contribution in [0.25, 0.3) is 22.4 Å². The smallest absolute Gasteiger partial charge is 0.245 e. The lowest BCUT2D eigenvalue weighted by Gasteiger charge is -2.20. The Morgan fingerprint density at radius 3 is 2.40 bits per heavy atom. The second-order valence-electron chi connectivity index (χ2n) is 7.21. The lowest BCUT2D eigenvalue weighted by atomic mass is 9.99. The molecule has 3 aromatic rings. The first kappa shape index (κ1) is 21.6. The normalized spacial score (nSPS) is 11.8. The summed E-state index contributed by atoms with van der Waals surface area (Å²) < 4.78 is 11.6. The van der Waals surface area contributed by atoms with Gasteiger partial charge in [-0.2, -0.15) is 0 Å². The summed E-state index contributed by atoms with van der Waals surface area (Å²) in [5.74, 6) is 1.29. The van der Waals surface area contributed by atoms with Crippen LogP contribution in [0.1, 0.15) is 46.0 Å². The minimum absolute atomic E-state index is 0.0292. The number of hydrogen-bond acceptors (Lipinski definition) is 6. The number of unbranched alkanes of at least 4 members (excludes halogenated alkanes) is 2. The van der Waals surface area contributed by atoms with E-state index in [9.17, 15) is 5.11 Å². The Morgan fingerprint density at radius 1 is 0.967 bits per heavy atom. The molecule has 0 saturated heterocycles. The maximum atomic E-state index is 10.6. The molecule has 0 spiro atoms. The van der Waals surface area contributed by atoms with Gasteiger partial charge in [0.25, 0.3) is 0 Å². The zero-order valence-electron chi connectivity index (χ0n) is 17.8. The maximum Gasteiger partial charge on any atom is 0.245 e. The van der Waals surface area contributed by atoms with Gasteiger partial charge >= 0.3 is 0 Å². The number of hydrogen-bond donors (Lipinski definition) is 1. The predicted octanol–water partition coefficient (Wildman–Crippen LogP) is 5.66. The van der Waals surface area contributed by atoms with Gasteiger partial charge in [0.15, 0.2) is 0 Å². The van der Waals surface area contributed by atoms with E-state index in [-0.39, 0.29) is 11.9 Å². The predicted molar refractivity (Wildman–Crippen MR) is 118 cm³/mol. The van der Waals surface area contributed by atoms with Crippen molar-refractivity contribution in [3.63, 3.8) is 0 Å². The largest absolute Gasteiger partial charge is 0.507 e. The monoisotopic (exact) mass is 407 g/mol. The Hall–Kier alpha value is -3.15. The van der Waals surface area contributed by atoms with E-state index in [2.05, 4.69) is 29.3 Å². The van der Waals surface area contributed by atoms with E-state index in [1.54, 1.807) is 19.2 Å². The highest BCUT2D eigenvalue weighted by atomic mass is 16.5. The number of phenolic OH excluding ortho intramolecular Hbond substituents is 1. The average molecular weight is 408 g/mol. The molecule has 0 aliphatic rings. The Bertz CT molecular complexity index is 945. The van der Waals surface area contributed by atoms with Crippen LogP contribution < -0.4 is 9.47 Å². The van der Waals surface area contributed by atoms with Crippen LogP contribution in [0.2, 0.25) is 0 Å². The summed E-state index contributed by atoms with van der Waals surface area (Å²) in [6.07, 6.45) is 5.28. The van der Waals surface area contributed by atoms with E-state index in [1.165, 1.54) is 6.42 Å². The molecule has 0 amide bonds. The van der Waals surface area contributed by atoms with E-state index < -0.39 is 0 Å². The molecule has 30 heavy (non-hydrogen) atoms. The number of methoxy groups -OCH3 is 1. The molecule has 2 aromatic carbocycles. The number of benzene rings is 2. The first-order valence-electron chi connectivity index (χ1n) is 10.5. The molecule has 0 fully saturated rings. The van der Waals surface area contributed by atoms with Crippen molar-refractivity contribution >= 4 is 0 Å². The number of phenols is 1. The molecule has 0 aliphatic heterocycles. The van der Waals surface area contributed by atoms with Gasteiger partial charge in [-0.25, -0.2) is 0 Å². The summed E-state index contributed by atoms with van der Waals surface area (Å²) >= 11 is 0. The van der Waals surface area contributed by atoms with Crippen LogP contribution in [-0.4, -0.2) is 33.7 Å². The first-order valence-corrected chi connectivity index (χ1v) is 10.5. The summed E-state index contributed by atoms with van der Waals surface area (Å²) in [4.78, 5) is 0. The number of para-hydroxylation sites is 1. The zero-order valence-corrected chi connectivity index (χ0v) is 17.8. The van der Waals surface area contributed by atoms with Crippen molar-refractivity contribution in [1.29, 1.82) is 0 Å². The van der Waals surface area contributed by atoms with Gasteiger partial charge in [0.2, 0.25) is 5.88 Å². The van der Waals surface area contributed by atoms with Crippen molar-refractivity contribution in [3.05, 3.63) is 48.5 Å². The van der Waals surface area contributed by atoms with Crippen LogP contribution in [0.5, 0.6) is 17.4 Å². The molecule has 0 bridgehead atoms. The maximum absolute atomic E-state index is 10.6. The first-order chi connectivity index (χ1) is 14.7. The standard InChI is InChI=1S/C24H29N3O3/c1-4-6-7-10-18(5-2)30-24-22(20-11-8-9-12-21(20)28)23(25-27-26-24)17-13-15-19(29-3)16-14-17/h8-9,11-16,18,28H,4-7,10H2,1-3H3. The summed E-state index contributed by atoms with van der Waals surface area (Å²) in [5, 5.41) is 23.0. The molecule has 1 atom stereocenters. The quantitative estimate of drug-likeness (QED) is 0.437. The van der Waals surface area contributed by atoms with Crippen molar-refractivity contribution in [2.45, 2.75) is 52.1 Å². The zero-order chi connectivity index (χ0) is 21.3. The highest BCUT2D eigenvalue weighted by Crippen LogP contribution is 2.41. The van der Waals surface area contributed by atoms with Crippen molar-refractivity contribution in [1.82, 2.24) is 15.4 Å². The second kappa shape index (κ2) is 10.6. The summed E-state index contributed by atoms with van der Waals surface area (Å²) in [5.41, 5.74) is 2.70. The van der Waals surface area contributed by atoms with E-state index >= 15 is 0 Å². The third kappa shape index (κ3) is 5.06. The highest BCUT2D eigenvalue weighted by molar-refractivity contribution is 5.86. The molecule has 1 aromatic heterocycles. The van der Waals surface area contributed by atoms with Crippen LogP contribution in [0.15, 0.2) is 48.5 Å². The third-order valence-electron chi connectivity index (χ3n) is 5.13. The fourth-order valence-corrected chi connectivity index (χ4v) is 3.40. The van der Waals surface area contributed by atoms with Gasteiger partial charge in [-0.1, -0.05) is 50.0 Å². The Labute approximate surface area is 177 Å². The Balaban J connectivity index is 2.07. The molecule has 0 aliphatic carbocycles. The van der Waals surface area contributed by atoms with Gasteiger partial charge in [-0.05, 0) is 54.8 Å². The summed E-state index contributed by atoms with van der Waals surface area (Å²) in [7, 11) is 1.63. The molecule has 1 heterocycles. The molecule has 0 radical (unpaired) electrons. The fraction of sp³-hybridized carbons (Fsp3) is 0.375. The molecule has 158 valence electrons. The summed E-state index contributed by atoms with van der Waals surface area (Å²) in [6.45, 7) is 4.29. The van der Waals surface area contributed by atoms with E-state index in [1.807, 2.05) is 36.4 Å². The number of ether oxygens (including phenoxy) is 2. The SMILES string of the molecule is CCCCCC(CC)Oc1nnnc(-c2ccc(OC)cc2)c1-c1ccccc1O. The van der Waals surface area contributed by atoms with E-state index in [4.69, 9.17) is 9.47 Å². The lowest BCUT2D eigenvalue weighted by Crippen LogP contribution is -2.17. The Morgan fingerprint density at radius 2 is 1.73 bits per heavy atom. The van der Waals surface area contributed by atoms with Crippen LogP contribution in [0.3, 0.4) is 0 Å². The lowest BCUT2D eigenvalue weighted by molar-refractivity contribution is 0.174. The van der Waals surface area contributed by atoms with E-state index in [0.717, 1.165) is 37.0 Å². The van der Waals surface area contributed by atoms with Crippen molar-refractivity contribution in [3.8, 4) is 39.8 Å². The van der Waals surface area contributed by atoms with Crippen molar-refractivity contribution in [2.24, 2.45) is 0 Å². The van der Waals surface area contributed by atoms with Crippen LogP contribution in [0.4, 0.5) is 0 Å². The van der Waals surface area contributed by atoms with Gasteiger partial charge in [0.1, 0.15) is 23.3 Å². The minimum Gasteiger partial charge on any atom is -0.507 e. The highest BCUT2D eigenvalue weighted by Gasteiger charge is 2.22. The fourth-order valence-electron chi connectivity index (χ4n) is 3.40. The van der Waals surface area contributed by atoms with Crippen molar-refractivity contribution < 1.29 is 14.6 Å². The average Bonchev–Trinajstić information content (AvgIpc) is 2.79. The molecule has 1 unspecified atom stereocenters. The van der Waals surface area contributed by atoms with E-state index in [0.29, 0.717) is 22.7 Å². The topological polar surface area (TPSA) is 77.4 Å². The van der Waals surface area contributed by atoms with Gasteiger partial charge in [0.05, 0.1) is 12.7 Å². The molecule has 3 rings (SSSR count). The van der Waals surface area contributed by atoms with Gasteiger partial charge in [0, 0.05) is 11.1 Å². The van der Waals surface area contributed by atoms with Gasteiger partial charge in [-0.3, -0.25) is 0 Å². The molecular formula is C24H29N3O3. The second-order valence-corrected chi connectivity index (χ2v) is 7.21. The van der Waals surface area contributed by atoms with Crippen LogP contribution in [0, 0.1) is 0 Å². The number of aromatic hydroxyl groups is 1. The molecule has 6 nitrogen and oxygen atoms in total. The van der Waals surface area contributed by atoms with Gasteiger partial charge < -0.3 is 14.6 Å². The summed E-state index contributed by atoms with van der Waals surface area (Å²) in [6, 6.07) is 14.7. The Kier molecular flexibility index (Phi) is 7.60. The van der Waals surface area contributed by atoms with Crippen LogP contribution >= 0.6 is 0 Å². The molecular weight excluding hydrogens is 378 g/mol. The number of nitrogens with zero attached hydrogens (tertiary/aromatic N) is 3. The van der Waals surface area contributed by atoms with Gasteiger partial charge in [-0.15, -0.1) is 5.10 Å². The number of aromatic nitrogens is 3. The molecule has 6 heteroatoms. The minimum atomic E-state index is 0.0292. The van der Waals surface area contributed by atoms with Crippen molar-refractivity contribution in [2.75, 3.05) is 7.11 Å². The molecule has 1 N–H and O–H groups in total. The number of rotatable bonds is 10.